The Kier molecular flexibility index (Phi) is 3.07. The molecule has 2 aromatic rings. The molecule has 0 saturated heterocycles. The lowest BCUT2D eigenvalue weighted by molar-refractivity contribution is 0.588. The van der Waals surface area contributed by atoms with Gasteiger partial charge >= 0.3 is 0 Å². The minimum absolute atomic E-state index is 0.583. The Hall–Kier alpha value is -1.54. The fourth-order valence-electron chi connectivity index (χ4n) is 1.87. The molecule has 2 rings (SSSR count). The van der Waals surface area contributed by atoms with Gasteiger partial charge < -0.3 is 10.3 Å². The van der Waals surface area contributed by atoms with Crippen LogP contribution in [0.4, 0.5) is 5.69 Å². The summed E-state index contributed by atoms with van der Waals surface area (Å²) in [5.41, 5.74) is 9.39. The molecule has 0 fully saturated rings. The second kappa shape index (κ2) is 4.29. The van der Waals surface area contributed by atoms with Crippen LogP contribution in [0.15, 0.2) is 24.3 Å². The first-order valence-electron chi connectivity index (χ1n) is 5.75. The van der Waals surface area contributed by atoms with Gasteiger partial charge in [-0.25, -0.2) is 0 Å². The highest BCUT2D eigenvalue weighted by Crippen LogP contribution is 2.38. The van der Waals surface area contributed by atoms with Crippen LogP contribution in [-0.2, 0) is 11.6 Å². The molecule has 0 aliphatic carbocycles. The highest BCUT2D eigenvalue weighted by molar-refractivity contribution is 7.70. The largest absolute Gasteiger partial charge is 0.398 e. The number of hydrogen-bond acceptors (Lipinski definition) is 3. The Morgan fingerprint density at radius 1 is 1.28 bits per heavy atom. The van der Waals surface area contributed by atoms with Crippen LogP contribution in [0.2, 0.25) is 0 Å². The monoisotopic (exact) mass is 263 g/mol. The minimum atomic E-state index is -2.37. The van der Waals surface area contributed by atoms with Gasteiger partial charge in [-0.2, -0.15) is 5.10 Å². The van der Waals surface area contributed by atoms with Crippen molar-refractivity contribution in [2.45, 2.75) is 6.92 Å². The van der Waals surface area contributed by atoms with Crippen molar-refractivity contribution in [1.29, 1.82) is 0 Å². The van der Waals surface area contributed by atoms with Crippen molar-refractivity contribution in [1.82, 2.24) is 9.78 Å². The lowest BCUT2D eigenvalue weighted by Crippen LogP contribution is -2.10. The van der Waals surface area contributed by atoms with Gasteiger partial charge in [0.05, 0.1) is 5.69 Å². The fourth-order valence-corrected chi connectivity index (χ4v) is 3.02. The average molecular weight is 263 g/mol. The predicted molar refractivity (Wildman–Crippen MR) is 76.9 cm³/mol. The van der Waals surface area contributed by atoms with Gasteiger partial charge in [0.25, 0.3) is 0 Å². The highest BCUT2D eigenvalue weighted by atomic mass is 31.2. The van der Waals surface area contributed by atoms with Gasteiger partial charge in [0.2, 0.25) is 0 Å². The molecule has 0 radical (unpaired) electrons. The van der Waals surface area contributed by atoms with Crippen LogP contribution in [0, 0.1) is 6.92 Å². The van der Waals surface area contributed by atoms with Gasteiger partial charge in [-0.1, -0.05) is 6.07 Å². The standard InChI is InChI=1S/C13H18N3OP/c1-9-7-12(15-16(9)2)10-5-6-11(14)13(8-10)18(3,4)17/h5-8H,14H2,1-4H3. The average Bonchev–Trinajstić information content (AvgIpc) is 2.58. The summed E-state index contributed by atoms with van der Waals surface area (Å²) >= 11 is 0. The fraction of sp³-hybridized carbons (Fsp3) is 0.308. The number of aromatic nitrogens is 2. The van der Waals surface area contributed by atoms with Crippen LogP contribution in [0.3, 0.4) is 0 Å². The van der Waals surface area contributed by atoms with E-state index in [0.717, 1.165) is 22.3 Å². The maximum Gasteiger partial charge on any atom is 0.111 e. The number of aryl methyl sites for hydroxylation is 2. The second-order valence-corrected chi connectivity index (χ2v) is 8.10. The Morgan fingerprint density at radius 3 is 2.44 bits per heavy atom. The van der Waals surface area contributed by atoms with Gasteiger partial charge in [0.15, 0.2) is 0 Å². The number of nitrogen functional groups attached to an aromatic ring is 1. The Bertz CT molecular complexity index is 620. The Balaban J connectivity index is 2.57. The smallest absolute Gasteiger partial charge is 0.111 e. The normalized spacial score (nSPS) is 11.8. The summed E-state index contributed by atoms with van der Waals surface area (Å²) < 4.78 is 14.0. The van der Waals surface area contributed by atoms with Crippen LogP contribution in [0.25, 0.3) is 11.3 Å². The zero-order valence-corrected chi connectivity index (χ0v) is 12.0. The van der Waals surface area contributed by atoms with E-state index >= 15 is 0 Å². The molecular formula is C13H18N3OP. The van der Waals surface area contributed by atoms with Gasteiger partial charge in [0.1, 0.15) is 7.14 Å². The molecule has 0 atom stereocenters. The molecule has 1 heterocycles. The van der Waals surface area contributed by atoms with E-state index in [1.165, 1.54) is 0 Å². The number of nitrogens with zero attached hydrogens (tertiary/aromatic N) is 2. The third kappa shape index (κ3) is 2.34. The summed E-state index contributed by atoms with van der Waals surface area (Å²) in [6, 6.07) is 7.61. The maximum atomic E-state index is 12.2. The third-order valence-corrected chi connectivity index (χ3v) is 4.57. The molecule has 5 heteroatoms. The van der Waals surface area contributed by atoms with E-state index in [9.17, 15) is 4.57 Å². The highest BCUT2D eigenvalue weighted by Gasteiger charge is 2.16. The number of benzene rings is 1. The lowest BCUT2D eigenvalue weighted by atomic mass is 10.1. The SMILES string of the molecule is Cc1cc(-c2ccc(N)c(P(C)(C)=O)c2)nn1C. The van der Waals surface area contributed by atoms with Crippen molar-refractivity contribution >= 4 is 18.1 Å². The van der Waals surface area contributed by atoms with Crippen LogP contribution < -0.4 is 11.0 Å². The van der Waals surface area contributed by atoms with E-state index in [4.69, 9.17) is 5.73 Å². The summed E-state index contributed by atoms with van der Waals surface area (Å²) in [6.07, 6.45) is 0. The molecule has 0 bridgehead atoms. The molecule has 0 unspecified atom stereocenters. The van der Waals surface area contributed by atoms with Gasteiger partial charge in [-0.15, -0.1) is 0 Å². The molecule has 2 N–H and O–H groups in total. The van der Waals surface area contributed by atoms with Crippen molar-refractivity contribution in [3.8, 4) is 11.3 Å². The maximum absolute atomic E-state index is 12.2. The predicted octanol–water partition coefficient (Wildman–Crippen LogP) is 2.23. The van der Waals surface area contributed by atoms with Crippen LogP contribution in [0.5, 0.6) is 0 Å². The van der Waals surface area contributed by atoms with Crippen LogP contribution in [0.1, 0.15) is 5.69 Å². The van der Waals surface area contributed by atoms with Crippen molar-refractivity contribution in [2.75, 3.05) is 19.1 Å². The summed E-state index contributed by atoms with van der Waals surface area (Å²) in [5.74, 6) is 0. The summed E-state index contributed by atoms with van der Waals surface area (Å²) in [5, 5.41) is 5.14. The van der Waals surface area contributed by atoms with E-state index in [1.807, 2.05) is 36.9 Å². The van der Waals surface area contributed by atoms with Crippen molar-refractivity contribution < 1.29 is 4.57 Å². The van der Waals surface area contributed by atoms with E-state index in [0.29, 0.717) is 5.69 Å². The van der Waals surface area contributed by atoms with Gasteiger partial charge in [-0.05, 0) is 38.5 Å². The first-order chi connectivity index (χ1) is 8.29. The summed E-state index contributed by atoms with van der Waals surface area (Å²) in [6.45, 7) is 5.46. The first-order valence-corrected chi connectivity index (χ1v) is 8.35. The number of rotatable bonds is 2. The molecule has 0 amide bonds. The molecule has 0 saturated carbocycles. The van der Waals surface area contributed by atoms with Crippen LogP contribution in [-0.4, -0.2) is 23.1 Å². The van der Waals surface area contributed by atoms with Crippen LogP contribution >= 0.6 is 7.14 Å². The van der Waals surface area contributed by atoms with E-state index in [-0.39, 0.29) is 0 Å². The number of anilines is 1. The second-order valence-electron chi connectivity index (χ2n) is 4.92. The van der Waals surface area contributed by atoms with Crippen molar-refractivity contribution in [2.24, 2.45) is 7.05 Å². The summed E-state index contributed by atoms with van der Waals surface area (Å²) in [4.78, 5) is 0. The molecule has 18 heavy (non-hydrogen) atoms. The zero-order valence-electron chi connectivity index (χ0n) is 11.1. The van der Waals surface area contributed by atoms with Gasteiger partial charge in [-0.3, -0.25) is 4.68 Å². The first kappa shape index (κ1) is 12.9. The topological polar surface area (TPSA) is 60.9 Å². The minimum Gasteiger partial charge on any atom is -0.398 e. The van der Waals surface area contributed by atoms with E-state index in [1.54, 1.807) is 19.4 Å². The molecule has 96 valence electrons. The van der Waals surface area contributed by atoms with E-state index in [2.05, 4.69) is 5.10 Å². The van der Waals surface area contributed by atoms with Crippen molar-refractivity contribution in [3.05, 3.63) is 30.0 Å². The molecule has 1 aromatic carbocycles. The molecule has 1 aromatic heterocycles. The zero-order chi connectivity index (χ0) is 13.5. The molecular weight excluding hydrogens is 245 g/mol. The molecule has 4 nitrogen and oxygen atoms in total. The lowest BCUT2D eigenvalue weighted by Gasteiger charge is -2.11. The van der Waals surface area contributed by atoms with Crippen molar-refractivity contribution in [3.63, 3.8) is 0 Å². The van der Waals surface area contributed by atoms with E-state index < -0.39 is 7.14 Å². The number of nitrogens with two attached hydrogens (primary N) is 1. The Labute approximate surface area is 107 Å². The third-order valence-electron chi connectivity index (χ3n) is 3.02. The molecule has 0 spiro atoms. The number of hydrogen-bond donors (Lipinski definition) is 1. The quantitative estimate of drug-likeness (QED) is 0.667. The summed E-state index contributed by atoms with van der Waals surface area (Å²) in [7, 11) is -0.463. The molecule has 0 aliphatic rings. The Morgan fingerprint density at radius 2 is 1.94 bits per heavy atom. The molecule has 0 aliphatic heterocycles. The van der Waals surface area contributed by atoms with Gasteiger partial charge in [0, 0.05) is 29.3 Å².